The minimum Gasteiger partial charge on any atom is -0.366 e. The molecule has 2 N–H and O–H groups in total. The third-order valence-corrected chi connectivity index (χ3v) is 4.64. The molecular weight excluding hydrogens is 335 g/mol. The van der Waals surface area contributed by atoms with Crippen LogP contribution in [0.15, 0.2) is 54.6 Å². The van der Waals surface area contributed by atoms with Crippen molar-refractivity contribution in [2.45, 2.75) is 12.8 Å². The molecule has 26 heavy (non-hydrogen) atoms. The Labute approximate surface area is 149 Å². The number of fused-ring (bicyclic) bond motifs is 1. The molecule has 0 aromatic heterocycles. The number of non-ortho nitro benzene ring substituents is 1. The Morgan fingerprint density at radius 2 is 1.85 bits per heavy atom. The maximum atomic E-state index is 14.1. The molecule has 0 aliphatic heterocycles. The van der Waals surface area contributed by atoms with Crippen LogP contribution in [-0.4, -0.2) is 17.5 Å². The van der Waals surface area contributed by atoms with Crippen molar-refractivity contribution in [2.24, 2.45) is 5.73 Å². The van der Waals surface area contributed by atoms with Crippen molar-refractivity contribution < 1.29 is 14.1 Å². The first kappa shape index (κ1) is 17.5. The molecule has 0 aliphatic carbocycles. The molecule has 0 radical (unpaired) electrons. The third kappa shape index (κ3) is 3.01. The van der Waals surface area contributed by atoms with E-state index in [-0.39, 0.29) is 11.3 Å². The van der Waals surface area contributed by atoms with Gasteiger partial charge in [-0.05, 0) is 34.4 Å². The van der Waals surface area contributed by atoms with Gasteiger partial charge in [0.15, 0.2) is 0 Å². The van der Waals surface area contributed by atoms with Crippen LogP contribution in [0.25, 0.3) is 10.8 Å². The molecule has 0 saturated heterocycles. The number of halogens is 1. The summed E-state index contributed by atoms with van der Waals surface area (Å²) in [5.74, 6) is -1.51. The Hall–Kier alpha value is -3.28. The van der Waals surface area contributed by atoms with Gasteiger partial charge in [0, 0.05) is 23.6 Å². The van der Waals surface area contributed by atoms with Gasteiger partial charge >= 0.3 is 0 Å². The molecule has 0 aliphatic rings. The Kier molecular flexibility index (Phi) is 4.67. The fourth-order valence-electron chi connectivity index (χ4n) is 3.33. The Morgan fingerprint density at radius 3 is 2.50 bits per heavy atom. The summed E-state index contributed by atoms with van der Waals surface area (Å²) in [6.07, 6.45) is 0. The van der Waals surface area contributed by atoms with Gasteiger partial charge in [-0.3, -0.25) is 19.3 Å². The SMILES string of the molecule is Cc1c(C(N)=O)cc([N+](=O)[O-])cc1C(CF)c1cccc2ccccc12. The number of amides is 1. The normalized spacial score (nSPS) is 12.1. The van der Waals surface area contributed by atoms with E-state index in [4.69, 9.17) is 5.73 Å². The summed E-state index contributed by atoms with van der Waals surface area (Å²) in [7, 11) is 0. The second kappa shape index (κ2) is 6.92. The van der Waals surface area contributed by atoms with Crippen LogP contribution in [0.2, 0.25) is 0 Å². The number of benzene rings is 3. The largest absolute Gasteiger partial charge is 0.366 e. The van der Waals surface area contributed by atoms with Gasteiger partial charge in [-0.15, -0.1) is 0 Å². The van der Waals surface area contributed by atoms with E-state index in [1.165, 1.54) is 6.07 Å². The van der Waals surface area contributed by atoms with E-state index in [9.17, 15) is 19.3 Å². The quantitative estimate of drug-likeness (QED) is 0.550. The number of nitro groups is 1. The molecule has 3 aromatic rings. The van der Waals surface area contributed by atoms with Gasteiger partial charge in [0.25, 0.3) is 5.69 Å². The molecule has 0 bridgehead atoms. The first-order valence-corrected chi connectivity index (χ1v) is 8.06. The van der Waals surface area contributed by atoms with Crippen molar-refractivity contribution in [1.29, 1.82) is 0 Å². The smallest absolute Gasteiger partial charge is 0.270 e. The summed E-state index contributed by atoms with van der Waals surface area (Å²) in [5, 5.41) is 13.1. The maximum absolute atomic E-state index is 14.1. The molecule has 132 valence electrons. The van der Waals surface area contributed by atoms with Gasteiger partial charge in [-0.25, -0.2) is 0 Å². The number of primary amides is 1. The highest BCUT2D eigenvalue weighted by molar-refractivity contribution is 5.95. The first-order valence-electron chi connectivity index (χ1n) is 8.06. The van der Waals surface area contributed by atoms with Crippen molar-refractivity contribution in [3.8, 4) is 0 Å². The monoisotopic (exact) mass is 352 g/mol. The highest BCUT2D eigenvalue weighted by Gasteiger charge is 2.24. The highest BCUT2D eigenvalue weighted by Crippen LogP contribution is 2.35. The number of nitro benzene ring substituents is 1. The number of carbonyl (C=O) groups excluding carboxylic acids is 1. The minimum atomic E-state index is -0.775. The number of carbonyl (C=O) groups is 1. The lowest BCUT2D eigenvalue weighted by molar-refractivity contribution is -0.385. The Bertz CT molecular complexity index is 1010. The molecule has 0 saturated carbocycles. The van der Waals surface area contributed by atoms with Gasteiger partial charge in [-0.1, -0.05) is 42.5 Å². The van der Waals surface area contributed by atoms with Crippen LogP contribution in [0.3, 0.4) is 0 Å². The molecule has 0 heterocycles. The van der Waals surface area contributed by atoms with Gasteiger partial charge in [0.2, 0.25) is 5.91 Å². The second-order valence-corrected chi connectivity index (χ2v) is 6.10. The Morgan fingerprint density at radius 1 is 1.15 bits per heavy atom. The molecule has 5 nitrogen and oxygen atoms in total. The van der Waals surface area contributed by atoms with E-state index >= 15 is 0 Å². The minimum absolute atomic E-state index is 0.0351. The van der Waals surface area contributed by atoms with Crippen molar-refractivity contribution in [3.05, 3.63) is 87.0 Å². The van der Waals surface area contributed by atoms with Crippen LogP contribution in [0.4, 0.5) is 10.1 Å². The molecule has 3 aromatic carbocycles. The number of nitrogens with two attached hydrogens (primary N) is 1. The molecule has 1 unspecified atom stereocenters. The first-order chi connectivity index (χ1) is 12.4. The van der Waals surface area contributed by atoms with Gasteiger partial charge < -0.3 is 5.73 Å². The molecule has 1 atom stereocenters. The molecule has 1 amide bonds. The van der Waals surface area contributed by atoms with E-state index in [0.717, 1.165) is 16.8 Å². The molecule has 3 rings (SSSR count). The second-order valence-electron chi connectivity index (χ2n) is 6.10. The zero-order valence-electron chi connectivity index (χ0n) is 14.1. The molecule has 0 fully saturated rings. The molecular formula is C20H17FN2O3. The number of nitrogens with zero attached hydrogens (tertiary/aromatic N) is 1. The number of hydrogen-bond acceptors (Lipinski definition) is 3. The van der Waals surface area contributed by atoms with Crippen molar-refractivity contribution >= 4 is 22.4 Å². The van der Waals surface area contributed by atoms with Gasteiger partial charge in [0.1, 0.15) is 6.67 Å². The van der Waals surface area contributed by atoms with Gasteiger partial charge in [-0.2, -0.15) is 0 Å². The summed E-state index contributed by atoms with van der Waals surface area (Å²) < 4.78 is 14.1. The maximum Gasteiger partial charge on any atom is 0.270 e. The van der Waals surface area contributed by atoms with Crippen LogP contribution >= 0.6 is 0 Å². The van der Waals surface area contributed by atoms with E-state index < -0.39 is 23.4 Å². The number of alkyl halides is 1. The van der Waals surface area contributed by atoms with E-state index in [0.29, 0.717) is 16.7 Å². The van der Waals surface area contributed by atoms with Crippen LogP contribution in [0.1, 0.15) is 33.0 Å². The average Bonchev–Trinajstić information content (AvgIpc) is 2.63. The third-order valence-electron chi connectivity index (χ3n) is 4.64. The summed E-state index contributed by atoms with van der Waals surface area (Å²) in [6, 6.07) is 15.6. The predicted octanol–water partition coefficient (Wildman–Crippen LogP) is 4.26. The lowest BCUT2D eigenvalue weighted by Crippen LogP contribution is -2.16. The summed E-state index contributed by atoms with van der Waals surface area (Å²) >= 11 is 0. The summed E-state index contributed by atoms with van der Waals surface area (Å²) in [5.41, 5.74) is 6.69. The number of rotatable bonds is 5. The van der Waals surface area contributed by atoms with Gasteiger partial charge in [0.05, 0.1) is 4.92 Å². The molecule has 0 spiro atoms. The zero-order valence-corrected chi connectivity index (χ0v) is 14.1. The predicted molar refractivity (Wildman–Crippen MR) is 98.1 cm³/mol. The lowest BCUT2D eigenvalue weighted by atomic mass is 9.84. The standard InChI is InChI=1S/C20H17FN2O3/c1-12-17(9-14(23(25)26)10-18(12)20(22)24)19(11-21)16-8-4-6-13-5-2-3-7-15(13)16/h2-10,19H,11H2,1H3,(H2,22,24). The Balaban J connectivity index is 2.28. The summed E-state index contributed by atoms with van der Waals surface area (Å²) in [6.45, 7) is 0.876. The average molecular weight is 352 g/mol. The van der Waals surface area contributed by atoms with Crippen molar-refractivity contribution in [2.75, 3.05) is 6.67 Å². The number of hydrogen-bond donors (Lipinski definition) is 1. The van der Waals surface area contributed by atoms with Crippen LogP contribution in [0, 0.1) is 17.0 Å². The van der Waals surface area contributed by atoms with Crippen LogP contribution in [0.5, 0.6) is 0 Å². The fraction of sp³-hybridized carbons (Fsp3) is 0.150. The van der Waals surface area contributed by atoms with Crippen molar-refractivity contribution in [1.82, 2.24) is 0 Å². The van der Waals surface area contributed by atoms with E-state index in [2.05, 4.69) is 0 Å². The summed E-state index contributed by atoms with van der Waals surface area (Å²) in [4.78, 5) is 22.4. The highest BCUT2D eigenvalue weighted by atomic mass is 19.1. The van der Waals surface area contributed by atoms with Crippen LogP contribution in [-0.2, 0) is 0 Å². The van der Waals surface area contributed by atoms with E-state index in [1.807, 2.05) is 36.4 Å². The lowest BCUT2D eigenvalue weighted by Gasteiger charge is -2.20. The topological polar surface area (TPSA) is 86.2 Å². The van der Waals surface area contributed by atoms with Crippen molar-refractivity contribution in [3.63, 3.8) is 0 Å². The molecule has 6 heteroatoms. The zero-order chi connectivity index (χ0) is 18.8. The van der Waals surface area contributed by atoms with Crippen LogP contribution < -0.4 is 5.73 Å². The van der Waals surface area contributed by atoms with E-state index in [1.54, 1.807) is 13.0 Å². The fourth-order valence-corrected chi connectivity index (χ4v) is 3.33.